The molecule has 2 heteroatoms. The highest BCUT2D eigenvalue weighted by atomic mass is 16.3. The zero-order chi connectivity index (χ0) is 32.8. The largest absolute Gasteiger partial charge is 0.455 e. The molecular weight excluding hydrogens is 609 g/mol. The molecule has 0 bridgehead atoms. The van der Waals surface area contributed by atoms with Crippen molar-refractivity contribution >= 4 is 76.2 Å². The summed E-state index contributed by atoms with van der Waals surface area (Å²) >= 11 is 0. The highest BCUT2D eigenvalue weighted by Crippen LogP contribution is 2.46. The predicted molar refractivity (Wildman–Crippen MR) is 210 cm³/mol. The monoisotopic (exact) mass is 636 g/mol. The lowest BCUT2D eigenvalue weighted by molar-refractivity contribution is 0.670. The summed E-state index contributed by atoms with van der Waals surface area (Å²) in [7, 11) is 0. The molecule has 0 N–H and O–H groups in total. The molecule has 0 unspecified atom stereocenters. The van der Waals surface area contributed by atoms with Crippen molar-refractivity contribution in [3.63, 3.8) is 0 Å². The summed E-state index contributed by atoms with van der Waals surface area (Å²) in [5, 5.41) is 11.8. The van der Waals surface area contributed by atoms with E-state index in [1.807, 2.05) is 12.1 Å². The molecule has 50 heavy (non-hydrogen) atoms. The Morgan fingerprint density at radius 3 is 1.58 bits per heavy atom. The van der Waals surface area contributed by atoms with Crippen molar-refractivity contribution in [1.82, 2.24) is 0 Å². The molecule has 2 heterocycles. The second-order valence-corrected chi connectivity index (χ2v) is 13.2. The maximum absolute atomic E-state index is 6.49. The maximum atomic E-state index is 6.49. The Bertz CT molecular complexity index is 3100. The molecule has 9 aromatic carbocycles. The molecule has 0 aliphatic rings. The van der Waals surface area contributed by atoms with Crippen LogP contribution in [0.25, 0.3) is 110 Å². The molecule has 232 valence electrons. The average Bonchev–Trinajstić information content (AvgIpc) is 3.75. The van der Waals surface area contributed by atoms with Gasteiger partial charge in [0.15, 0.2) is 0 Å². The van der Waals surface area contributed by atoms with E-state index in [0.717, 1.165) is 60.4 Å². The van der Waals surface area contributed by atoms with Gasteiger partial charge in [-0.05, 0) is 85.1 Å². The van der Waals surface area contributed by atoms with Crippen molar-refractivity contribution in [3.05, 3.63) is 170 Å². The Balaban J connectivity index is 1.15. The quantitative estimate of drug-likeness (QED) is 0.180. The van der Waals surface area contributed by atoms with Gasteiger partial charge in [0.25, 0.3) is 0 Å². The van der Waals surface area contributed by atoms with E-state index < -0.39 is 0 Å². The van der Waals surface area contributed by atoms with Crippen LogP contribution < -0.4 is 0 Å². The zero-order valence-corrected chi connectivity index (χ0v) is 27.0. The van der Waals surface area contributed by atoms with Gasteiger partial charge in [-0.2, -0.15) is 0 Å². The van der Waals surface area contributed by atoms with Crippen LogP contribution in [-0.4, -0.2) is 0 Å². The van der Waals surface area contributed by atoms with Crippen molar-refractivity contribution in [1.29, 1.82) is 0 Å². The minimum absolute atomic E-state index is 0.904. The van der Waals surface area contributed by atoms with Gasteiger partial charge in [0.2, 0.25) is 0 Å². The fourth-order valence-corrected chi connectivity index (χ4v) is 8.23. The molecule has 0 fully saturated rings. The fourth-order valence-electron chi connectivity index (χ4n) is 8.23. The summed E-state index contributed by atoms with van der Waals surface area (Å²) in [6.45, 7) is 0. The average molecular weight is 637 g/mol. The van der Waals surface area contributed by atoms with Gasteiger partial charge in [0.05, 0.1) is 0 Å². The molecular formula is C48H28O2. The van der Waals surface area contributed by atoms with E-state index in [4.69, 9.17) is 8.83 Å². The fraction of sp³-hybridized carbons (Fsp3) is 0. The van der Waals surface area contributed by atoms with Crippen LogP contribution in [0.3, 0.4) is 0 Å². The second kappa shape index (κ2) is 10.4. The normalized spacial score (nSPS) is 12.0. The lowest BCUT2D eigenvalue weighted by atomic mass is 9.85. The van der Waals surface area contributed by atoms with E-state index in [-0.39, 0.29) is 0 Å². The number of rotatable bonds is 3. The van der Waals surface area contributed by atoms with Crippen LogP contribution >= 0.6 is 0 Å². The molecule has 0 atom stereocenters. The van der Waals surface area contributed by atoms with Gasteiger partial charge in [0.1, 0.15) is 22.3 Å². The Labute approximate surface area is 287 Å². The van der Waals surface area contributed by atoms with Crippen LogP contribution in [0.15, 0.2) is 179 Å². The maximum Gasteiger partial charge on any atom is 0.143 e. The van der Waals surface area contributed by atoms with E-state index in [9.17, 15) is 0 Å². The molecule has 0 aliphatic carbocycles. The van der Waals surface area contributed by atoms with E-state index in [2.05, 4.69) is 158 Å². The Kier molecular flexibility index (Phi) is 5.70. The third-order valence-electron chi connectivity index (χ3n) is 10.4. The van der Waals surface area contributed by atoms with Crippen LogP contribution in [-0.2, 0) is 0 Å². The number of para-hydroxylation sites is 2. The highest BCUT2D eigenvalue weighted by Gasteiger charge is 2.19. The van der Waals surface area contributed by atoms with Gasteiger partial charge >= 0.3 is 0 Å². The van der Waals surface area contributed by atoms with E-state index >= 15 is 0 Å². The molecule has 0 aliphatic heterocycles. The molecule has 0 radical (unpaired) electrons. The first-order valence-electron chi connectivity index (χ1n) is 17.1. The second-order valence-electron chi connectivity index (χ2n) is 13.2. The number of benzene rings is 9. The Morgan fingerprint density at radius 1 is 0.280 bits per heavy atom. The Hall–Kier alpha value is -6.64. The number of hydrogen-bond donors (Lipinski definition) is 0. The molecule has 0 spiro atoms. The van der Waals surface area contributed by atoms with Gasteiger partial charge in [-0.3, -0.25) is 0 Å². The summed E-state index contributed by atoms with van der Waals surface area (Å²) in [4.78, 5) is 0. The van der Waals surface area contributed by atoms with E-state index in [1.165, 1.54) is 49.2 Å². The zero-order valence-electron chi connectivity index (χ0n) is 27.0. The Morgan fingerprint density at radius 2 is 0.820 bits per heavy atom. The first-order chi connectivity index (χ1) is 24.8. The smallest absolute Gasteiger partial charge is 0.143 e. The topological polar surface area (TPSA) is 26.3 Å². The van der Waals surface area contributed by atoms with Gasteiger partial charge in [0, 0.05) is 32.5 Å². The summed E-state index contributed by atoms with van der Waals surface area (Å²) in [6.07, 6.45) is 0. The first kappa shape index (κ1) is 27.3. The summed E-state index contributed by atoms with van der Waals surface area (Å²) in [5.74, 6) is 0. The van der Waals surface area contributed by atoms with Gasteiger partial charge in [-0.1, -0.05) is 140 Å². The van der Waals surface area contributed by atoms with Crippen molar-refractivity contribution in [2.24, 2.45) is 0 Å². The minimum atomic E-state index is 0.904. The highest BCUT2D eigenvalue weighted by molar-refractivity contribution is 6.23. The van der Waals surface area contributed by atoms with Crippen LogP contribution in [0.4, 0.5) is 0 Å². The van der Waals surface area contributed by atoms with Gasteiger partial charge in [-0.15, -0.1) is 0 Å². The molecule has 0 saturated carbocycles. The summed E-state index contributed by atoms with van der Waals surface area (Å²) < 4.78 is 12.9. The van der Waals surface area contributed by atoms with E-state index in [0.29, 0.717) is 0 Å². The number of fused-ring (bicyclic) bond motifs is 10. The molecule has 11 aromatic rings. The van der Waals surface area contributed by atoms with Crippen molar-refractivity contribution < 1.29 is 8.83 Å². The van der Waals surface area contributed by atoms with Crippen LogP contribution in [0.2, 0.25) is 0 Å². The lowest BCUT2D eigenvalue weighted by Gasteiger charge is -2.18. The predicted octanol–water partition coefficient (Wildman–Crippen LogP) is 13.9. The summed E-state index contributed by atoms with van der Waals surface area (Å²) in [5.41, 5.74) is 10.7. The molecule has 0 amide bonds. The van der Waals surface area contributed by atoms with Crippen LogP contribution in [0.1, 0.15) is 0 Å². The molecule has 2 nitrogen and oxygen atoms in total. The van der Waals surface area contributed by atoms with Crippen LogP contribution in [0.5, 0.6) is 0 Å². The summed E-state index contributed by atoms with van der Waals surface area (Å²) in [6, 6.07) is 60.9. The van der Waals surface area contributed by atoms with E-state index in [1.54, 1.807) is 0 Å². The molecule has 2 aromatic heterocycles. The van der Waals surface area contributed by atoms with Gasteiger partial charge < -0.3 is 8.83 Å². The lowest BCUT2D eigenvalue weighted by Crippen LogP contribution is -1.91. The third kappa shape index (κ3) is 3.90. The van der Waals surface area contributed by atoms with Gasteiger partial charge in [-0.25, -0.2) is 0 Å². The van der Waals surface area contributed by atoms with Crippen molar-refractivity contribution in [2.75, 3.05) is 0 Å². The number of hydrogen-bond acceptors (Lipinski definition) is 2. The SMILES string of the molecule is c1cc(-c2c3ccccc3c(-c3ccc4oc5c6ccccc6ccc5c4c3)c3ccccc23)cc(-c2cccc3c2oc2ccccc23)c1. The van der Waals surface area contributed by atoms with Crippen molar-refractivity contribution in [3.8, 4) is 33.4 Å². The number of furan rings is 2. The minimum Gasteiger partial charge on any atom is -0.455 e. The van der Waals surface area contributed by atoms with Crippen molar-refractivity contribution in [2.45, 2.75) is 0 Å². The molecule has 0 saturated heterocycles. The third-order valence-corrected chi connectivity index (χ3v) is 10.4. The molecule has 11 rings (SSSR count). The van der Waals surface area contributed by atoms with Crippen LogP contribution in [0, 0.1) is 0 Å². The standard InChI is InChI=1S/C48H28O2/c1-2-14-33-29(11-1)23-25-41-42-28-32(24-26-44(42)50-47(33)41)46-38-18-5-3-16-36(38)45(37-17-4-6-19-39(37)46)31-13-9-12-30(27-31)34-20-10-21-40-35-15-7-8-22-43(35)49-48(34)40/h1-28H. The first-order valence-corrected chi connectivity index (χ1v) is 17.1.